The Morgan fingerprint density at radius 2 is 2.14 bits per heavy atom. The lowest BCUT2D eigenvalue weighted by atomic mass is 9.97. The maximum atomic E-state index is 4.54. The van der Waals surface area contributed by atoms with Gasteiger partial charge in [0.15, 0.2) is 0 Å². The highest BCUT2D eigenvalue weighted by Crippen LogP contribution is 2.39. The van der Waals surface area contributed by atoms with Crippen LogP contribution in [0, 0.1) is 6.92 Å². The van der Waals surface area contributed by atoms with E-state index in [4.69, 9.17) is 0 Å². The van der Waals surface area contributed by atoms with Crippen molar-refractivity contribution in [1.82, 2.24) is 15.0 Å². The highest BCUT2D eigenvalue weighted by atomic mass is 32.2. The second kappa shape index (κ2) is 5.66. The molecule has 6 heteroatoms. The minimum absolute atomic E-state index is 0.890. The van der Waals surface area contributed by atoms with Gasteiger partial charge < -0.3 is 0 Å². The van der Waals surface area contributed by atoms with Gasteiger partial charge in [-0.3, -0.25) is 0 Å². The zero-order valence-corrected chi connectivity index (χ0v) is 14.2. The van der Waals surface area contributed by atoms with Gasteiger partial charge in [-0.2, -0.15) is 0 Å². The van der Waals surface area contributed by atoms with E-state index < -0.39 is 0 Å². The van der Waals surface area contributed by atoms with Gasteiger partial charge in [-0.15, -0.1) is 22.7 Å². The molecule has 0 amide bonds. The summed E-state index contributed by atoms with van der Waals surface area (Å²) in [7, 11) is 0. The van der Waals surface area contributed by atoms with Crippen molar-refractivity contribution in [1.29, 1.82) is 0 Å². The number of aromatic nitrogens is 3. The maximum Gasteiger partial charge on any atom is 0.128 e. The lowest BCUT2D eigenvalue weighted by Crippen LogP contribution is -1.99. The Hall–Kier alpha value is -0.980. The first kappa shape index (κ1) is 13.7. The van der Waals surface area contributed by atoms with Crippen LogP contribution in [-0.4, -0.2) is 15.0 Å². The normalized spacial score (nSPS) is 14.5. The predicted molar refractivity (Wildman–Crippen MR) is 90.5 cm³/mol. The van der Waals surface area contributed by atoms with Crippen molar-refractivity contribution in [3.05, 3.63) is 32.8 Å². The Morgan fingerprint density at radius 1 is 1.24 bits per heavy atom. The summed E-state index contributed by atoms with van der Waals surface area (Å²) in [6.45, 7) is 2.05. The van der Waals surface area contributed by atoms with E-state index in [1.807, 2.05) is 11.3 Å². The molecule has 0 aromatic carbocycles. The molecule has 1 aliphatic carbocycles. The molecule has 0 bridgehead atoms. The molecule has 0 saturated heterocycles. The van der Waals surface area contributed by atoms with E-state index in [2.05, 4.69) is 27.3 Å². The van der Waals surface area contributed by atoms with Gasteiger partial charge in [0, 0.05) is 21.4 Å². The quantitative estimate of drug-likeness (QED) is 0.517. The summed E-state index contributed by atoms with van der Waals surface area (Å²) in [5.74, 6) is 0.890. The smallest absolute Gasteiger partial charge is 0.128 e. The van der Waals surface area contributed by atoms with E-state index in [1.54, 1.807) is 29.4 Å². The fourth-order valence-corrected chi connectivity index (χ4v) is 5.72. The summed E-state index contributed by atoms with van der Waals surface area (Å²) in [5, 5.41) is 5.72. The van der Waals surface area contributed by atoms with Gasteiger partial charge in [0.05, 0.1) is 10.7 Å². The second-order valence-corrected chi connectivity index (χ2v) is 8.33. The van der Waals surface area contributed by atoms with E-state index in [-0.39, 0.29) is 0 Å². The molecule has 0 radical (unpaired) electrons. The number of fused-ring (bicyclic) bond motifs is 3. The Bertz CT molecular complexity index is 791. The molecule has 1 aliphatic rings. The van der Waals surface area contributed by atoms with Crippen molar-refractivity contribution in [3.8, 4) is 0 Å². The lowest BCUT2D eigenvalue weighted by Gasteiger charge is -2.11. The van der Waals surface area contributed by atoms with Crippen molar-refractivity contribution >= 4 is 44.7 Å². The molecule has 0 spiro atoms. The minimum atomic E-state index is 0.890. The Morgan fingerprint density at radius 3 is 3.00 bits per heavy atom. The molecule has 3 aromatic heterocycles. The third-order valence-corrected chi connectivity index (χ3v) is 6.79. The number of rotatable bonds is 3. The molecule has 21 heavy (non-hydrogen) atoms. The number of thioether (sulfide) groups is 1. The van der Waals surface area contributed by atoms with Crippen molar-refractivity contribution in [2.75, 3.05) is 0 Å². The monoisotopic (exact) mass is 333 g/mol. The zero-order chi connectivity index (χ0) is 14.2. The van der Waals surface area contributed by atoms with Crippen LogP contribution in [0.15, 0.2) is 16.7 Å². The molecular weight excluding hydrogens is 318 g/mol. The highest BCUT2D eigenvalue weighted by molar-refractivity contribution is 7.98. The maximum absolute atomic E-state index is 4.54. The number of nitrogens with zero attached hydrogens (tertiary/aromatic N) is 3. The topological polar surface area (TPSA) is 38.7 Å². The summed E-state index contributed by atoms with van der Waals surface area (Å²) in [6.07, 6.45) is 6.72. The van der Waals surface area contributed by atoms with Gasteiger partial charge in [-0.05, 0) is 38.2 Å². The van der Waals surface area contributed by atoms with E-state index in [9.17, 15) is 0 Å². The van der Waals surface area contributed by atoms with Crippen LogP contribution < -0.4 is 0 Å². The van der Waals surface area contributed by atoms with Crippen LogP contribution >= 0.6 is 34.4 Å². The molecule has 0 unspecified atom stereocenters. The summed E-state index contributed by atoms with van der Waals surface area (Å²) in [4.78, 5) is 16.3. The van der Waals surface area contributed by atoms with Crippen LogP contribution in [0.4, 0.5) is 0 Å². The fraction of sp³-hybridized carbons (Fsp3) is 0.400. The molecule has 108 valence electrons. The van der Waals surface area contributed by atoms with Crippen LogP contribution in [0.25, 0.3) is 10.2 Å². The van der Waals surface area contributed by atoms with E-state index in [0.29, 0.717) is 0 Å². The molecule has 3 nitrogen and oxygen atoms in total. The number of hydrogen-bond acceptors (Lipinski definition) is 6. The van der Waals surface area contributed by atoms with Gasteiger partial charge in [-0.25, -0.2) is 15.0 Å². The number of thiazole rings is 1. The zero-order valence-electron chi connectivity index (χ0n) is 11.8. The van der Waals surface area contributed by atoms with Gasteiger partial charge in [0.1, 0.15) is 16.2 Å². The number of hydrogen-bond donors (Lipinski definition) is 0. The largest absolute Gasteiger partial charge is 0.246 e. The van der Waals surface area contributed by atoms with Gasteiger partial charge in [-0.1, -0.05) is 11.8 Å². The van der Waals surface area contributed by atoms with E-state index in [1.165, 1.54) is 41.5 Å². The molecule has 0 saturated carbocycles. The average Bonchev–Trinajstić information content (AvgIpc) is 3.08. The number of thiophene rings is 1. The van der Waals surface area contributed by atoms with Crippen LogP contribution in [0.1, 0.15) is 34.0 Å². The molecule has 0 atom stereocenters. The van der Waals surface area contributed by atoms with Gasteiger partial charge in [0.25, 0.3) is 0 Å². The van der Waals surface area contributed by atoms with Crippen molar-refractivity contribution < 1.29 is 0 Å². The van der Waals surface area contributed by atoms with Crippen molar-refractivity contribution in [3.63, 3.8) is 0 Å². The molecule has 0 aliphatic heterocycles. The fourth-order valence-electron chi connectivity index (χ4n) is 2.79. The first-order valence-corrected chi connectivity index (χ1v) is 9.78. The molecule has 3 aromatic rings. The molecule has 3 heterocycles. The molecule has 4 rings (SSSR count). The third-order valence-electron chi connectivity index (χ3n) is 3.74. The van der Waals surface area contributed by atoms with Crippen LogP contribution in [-0.2, 0) is 18.6 Å². The molecule has 0 N–H and O–H groups in total. The lowest BCUT2D eigenvalue weighted by molar-refractivity contribution is 0.699. The van der Waals surface area contributed by atoms with Crippen molar-refractivity contribution in [2.24, 2.45) is 0 Å². The van der Waals surface area contributed by atoms with Crippen LogP contribution in [0.5, 0.6) is 0 Å². The van der Waals surface area contributed by atoms with Crippen LogP contribution in [0.2, 0.25) is 0 Å². The average molecular weight is 334 g/mol. The Balaban J connectivity index is 1.69. The number of aryl methyl sites for hydroxylation is 3. The summed E-state index contributed by atoms with van der Waals surface area (Å²) in [6, 6.07) is 0. The minimum Gasteiger partial charge on any atom is -0.246 e. The van der Waals surface area contributed by atoms with E-state index in [0.717, 1.165) is 26.3 Å². The first-order valence-electron chi connectivity index (χ1n) is 7.10. The van der Waals surface area contributed by atoms with Crippen LogP contribution in [0.3, 0.4) is 0 Å². The Labute approximate surface area is 135 Å². The van der Waals surface area contributed by atoms with Crippen molar-refractivity contribution in [2.45, 2.75) is 43.4 Å². The van der Waals surface area contributed by atoms with E-state index >= 15 is 0 Å². The first-order chi connectivity index (χ1) is 10.3. The third kappa shape index (κ3) is 2.60. The molecular formula is C15H15N3S3. The summed E-state index contributed by atoms with van der Waals surface area (Å²) < 4.78 is 0. The summed E-state index contributed by atoms with van der Waals surface area (Å²) in [5.41, 5.74) is 2.66. The second-order valence-electron chi connectivity index (χ2n) is 5.22. The SMILES string of the molecule is Cc1nc(CSc2ncnc3sc4c(c23)CCCC4)cs1. The highest BCUT2D eigenvalue weighted by Gasteiger charge is 2.20. The van der Waals surface area contributed by atoms with Gasteiger partial charge >= 0.3 is 0 Å². The van der Waals surface area contributed by atoms with Gasteiger partial charge in [0.2, 0.25) is 0 Å². The summed E-state index contributed by atoms with van der Waals surface area (Å²) >= 11 is 5.37. The Kier molecular flexibility index (Phi) is 3.69. The molecule has 0 fully saturated rings. The standard InChI is InChI=1S/C15H15N3S3/c1-9-18-10(6-19-9)7-20-14-13-11-4-2-3-5-12(11)21-15(13)17-8-16-14/h6,8H,2-5,7H2,1H3. The predicted octanol–water partition coefficient (Wildman–Crippen LogP) is 4.63.